The molecule has 0 bridgehead atoms. The van der Waals surface area contributed by atoms with Crippen LogP contribution in [0.1, 0.15) is 338 Å². The van der Waals surface area contributed by atoms with Gasteiger partial charge in [-0.25, -0.2) is 9.13 Å². The summed E-state index contributed by atoms with van der Waals surface area (Å²) < 4.78 is 68.2. The van der Waals surface area contributed by atoms with Crippen LogP contribution in [0.25, 0.3) is 0 Å². The molecule has 0 aliphatic carbocycles. The molecule has 0 heterocycles. The second-order valence-corrected chi connectivity index (χ2v) is 29.7. The molecule has 0 aliphatic heterocycles. The Labute approximate surface area is 537 Å². The summed E-state index contributed by atoms with van der Waals surface area (Å²) in [5.74, 6) is 0.788. The van der Waals surface area contributed by atoms with Crippen molar-refractivity contribution in [1.82, 2.24) is 0 Å². The molecule has 522 valence electrons. The lowest BCUT2D eigenvalue weighted by molar-refractivity contribution is -0.161. The van der Waals surface area contributed by atoms with Crippen molar-refractivity contribution >= 4 is 39.5 Å². The summed E-state index contributed by atoms with van der Waals surface area (Å²) in [6.45, 7) is 14.0. The number of rotatable bonds is 66. The normalized spacial score (nSPS) is 14.3. The van der Waals surface area contributed by atoms with Crippen molar-refractivity contribution in [2.45, 2.75) is 356 Å². The molecule has 17 nitrogen and oxygen atoms in total. The quantitative estimate of drug-likeness (QED) is 0.0222. The lowest BCUT2D eigenvalue weighted by Gasteiger charge is -2.21. The summed E-state index contributed by atoms with van der Waals surface area (Å²) >= 11 is 0. The van der Waals surface area contributed by atoms with Crippen LogP contribution in [0.4, 0.5) is 0 Å². The second kappa shape index (κ2) is 58.8. The number of aliphatic hydroxyl groups excluding tert-OH is 1. The summed E-state index contributed by atoms with van der Waals surface area (Å²) in [6, 6.07) is 0. The molecule has 88 heavy (non-hydrogen) atoms. The third-order valence-electron chi connectivity index (χ3n) is 15.8. The molecule has 5 atom stereocenters. The van der Waals surface area contributed by atoms with Crippen LogP contribution in [0.3, 0.4) is 0 Å². The van der Waals surface area contributed by atoms with Crippen LogP contribution in [-0.2, 0) is 65.4 Å². The van der Waals surface area contributed by atoms with E-state index in [0.29, 0.717) is 37.5 Å². The van der Waals surface area contributed by atoms with E-state index in [4.69, 9.17) is 37.0 Å². The number of aliphatic hydroxyl groups is 1. The molecule has 3 unspecified atom stereocenters. The number of phosphoric ester groups is 2. The third-order valence-corrected chi connectivity index (χ3v) is 17.7. The number of phosphoric acid groups is 2. The van der Waals surface area contributed by atoms with Crippen molar-refractivity contribution in [3.8, 4) is 0 Å². The summed E-state index contributed by atoms with van der Waals surface area (Å²) in [7, 11) is -9.90. The zero-order valence-corrected chi connectivity index (χ0v) is 59.1. The molecule has 0 spiro atoms. The molecular formula is C69H134O17P2. The first-order valence-electron chi connectivity index (χ1n) is 35.7. The lowest BCUT2D eigenvalue weighted by atomic mass is 10.0. The Balaban J connectivity index is 5.22. The number of ether oxygens (including phenoxy) is 4. The van der Waals surface area contributed by atoms with Crippen molar-refractivity contribution in [1.29, 1.82) is 0 Å². The predicted molar refractivity (Wildman–Crippen MR) is 354 cm³/mol. The predicted octanol–water partition coefficient (Wildman–Crippen LogP) is 19.3. The fourth-order valence-electron chi connectivity index (χ4n) is 10.3. The minimum atomic E-state index is -4.95. The van der Waals surface area contributed by atoms with Crippen molar-refractivity contribution < 1.29 is 80.2 Å². The first kappa shape index (κ1) is 86.1. The average molecular weight is 1300 g/mol. The van der Waals surface area contributed by atoms with Gasteiger partial charge in [-0.3, -0.25) is 37.3 Å². The van der Waals surface area contributed by atoms with Crippen LogP contribution >= 0.6 is 15.6 Å². The molecule has 0 saturated carbocycles. The Hall–Kier alpha value is -1.94. The van der Waals surface area contributed by atoms with Gasteiger partial charge in [0.05, 0.1) is 26.4 Å². The fourth-order valence-corrected chi connectivity index (χ4v) is 11.9. The van der Waals surface area contributed by atoms with Gasteiger partial charge in [0.25, 0.3) is 0 Å². The molecule has 0 aromatic carbocycles. The molecule has 0 rings (SSSR count). The van der Waals surface area contributed by atoms with Gasteiger partial charge in [0, 0.05) is 25.7 Å². The van der Waals surface area contributed by atoms with E-state index in [9.17, 15) is 43.2 Å². The van der Waals surface area contributed by atoms with E-state index in [0.717, 1.165) is 108 Å². The topological polar surface area (TPSA) is 237 Å². The number of hydrogen-bond donors (Lipinski definition) is 3. The first-order chi connectivity index (χ1) is 42.1. The van der Waals surface area contributed by atoms with Crippen LogP contribution in [0.15, 0.2) is 0 Å². The second-order valence-electron chi connectivity index (χ2n) is 26.8. The van der Waals surface area contributed by atoms with Gasteiger partial charge >= 0.3 is 39.5 Å². The molecule has 0 aliphatic rings. The molecule has 0 radical (unpaired) electrons. The van der Waals surface area contributed by atoms with E-state index in [-0.39, 0.29) is 25.7 Å². The maximum absolute atomic E-state index is 13.0. The van der Waals surface area contributed by atoms with E-state index in [1.807, 2.05) is 0 Å². The molecular weight excluding hydrogens is 1160 g/mol. The van der Waals surface area contributed by atoms with Crippen LogP contribution in [0, 0.1) is 23.7 Å². The van der Waals surface area contributed by atoms with Crippen molar-refractivity contribution in [3.05, 3.63) is 0 Å². The Morgan fingerprint density at radius 3 is 0.705 bits per heavy atom. The van der Waals surface area contributed by atoms with E-state index in [1.54, 1.807) is 0 Å². The van der Waals surface area contributed by atoms with Crippen molar-refractivity contribution in [2.24, 2.45) is 23.7 Å². The van der Waals surface area contributed by atoms with Crippen molar-refractivity contribution in [3.63, 3.8) is 0 Å². The van der Waals surface area contributed by atoms with Gasteiger partial charge in [0.1, 0.15) is 19.3 Å². The van der Waals surface area contributed by atoms with E-state index in [2.05, 4.69) is 55.4 Å². The highest BCUT2D eigenvalue weighted by atomic mass is 31.2. The summed E-state index contributed by atoms with van der Waals surface area (Å²) in [5.41, 5.74) is 0. The van der Waals surface area contributed by atoms with Crippen LogP contribution in [0.2, 0.25) is 0 Å². The van der Waals surface area contributed by atoms with Gasteiger partial charge in [-0.1, -0.05) is 287 Å². The Morgan fingerprint density at radius 1 is 0.284 bits per heavy atom. The monoisotopic (exact) mass is 1300 g/mol. The number of hydrogen-bond acceptors (Lipinski definition) is 15. The highest BCUT2D eigenvalue weighted by Gasteiger charge is 2.30. The molecule has 0 fully saturated rings. The standard InChI is InChI=1S/C69H134O17P2/c1-59(2)45-37-29-21-15-13-11-9-10-12-14-16-26-35-43-51-68(73)85-64(56-80-67(72)50-42-34-27-19-23-31-39-47-61(5)6)57-83-87(75,76)81-53-63(70)54-82-88(77,78)84-58-65(86-69(74)52-44-36-28-20-24-32-40-48-62(7)8)55-79-66(71)49-41-33-25-18-17-22-30-38-46-60(3)4/h59-65,70H,9-58H2,1-8H3,(H,75,76)(H,77,78)/t63?,64-,65-/m1/s1. The largest absolute Gasteiger partial charge is 0.472 e. The van der Waals surface area contributed by atoms with E-state index >= 15 is 0 Å². The first-order valence-corrected chi connectivity index (χ1v) is 38.7. The fraction of sp³-hybridized carbons (Fsp3) is 0.942. The number of carbonyl (C=O) groups excluding carboxylic acids is 4. The molecule has 0 aromatic rings. The number of esters is 4. The van der Waals surface area contributed by atoms with Gasteiger partial charge < -0.3 is 33.8 Å². The molecule has 3 N–H and O–H groups in total. The zero-order chi connectivity index (χ0) is 65.4. The smallest absolute Gasteiger partial charge is 0.462 e. The average Bonchev–Trinajstić information content (AvgIpc) is 3.59. The van der Waals surface area contributed by atoms with Crippen LogP contribution < -0.4 is 0 Å². The summed E-state index contributed by atoms with van der Waals surface area (Å²) in [5, 5.41) is 10.6. The maximum Gasteiger partial charge on any atom is 0.472 e. The zero-order valence-electron chi connectivity index (χ0n) is 57.3. The van der Waals surface area contributed by atoms with Crippen molar-refractivity contribution in [2.75, 3.05) is 39.6 Å². The minimum absolute atomic E-state index is 0.102. The third kappa shape index (κ3) is 62.8. The highest BCUT2D eigenvalue weighted by molar-refractivity contribution is 7.47. The summed E-state index contributed by atoms with van der Waals surface area (Å²) in [4.78, 5) is 72.4. The Morgan fingerprint density at radius 2 is 0.477 bits per heavy atom. The number of carbonyl (C=O) groups is 4. The lowest BCUT2D eigenvalue weighted by Crippen LogP contribution is -2.30. The Kier molecular flexibility index (Phi) is 57.6. The minimum Gasteiger partial charge on any atom is -0.462 e. The highest BCUT2D eigenvalue weighted by Crippen LogP contribution is 2.45. The Bertz CT molecular complexity index is 1750. The number of unbranched alkanes of at least 4 members (excludes halogenated alkanes) is 32. The van der Waals surface area contributed by atoms with Gasteiger partial charge in [-0.05, 0) is 49.4 Å². The van der Waals surface area contributed by atoms with Gasteiger partial charge in [-0.2, -0.15) is 0 Å². The summed E-state index contributed by atoms with van der Waals surface area (Å²) in [6.07, 6.45) is 40.5. The SMILES string of the molecule is CC(C)CCCCCCCCCCCCCCCCC(=O)O[C@H](COC(=O)CCCCCCCCCC(C)C)COP(=O)(O)OCC(O)COP(=O)(O)OC[C@@H](COC(=O)CCCCCCCCCCC(C)C)OC(=O)CCCCCCCCCC(C)C. The van der Waals surface area contributed by atoms with Crippen LogP contribution in [-0.4, -0.2) is 96.7 Å². The van der Waals surface area contributed by atoms with Gasteiger partial charge in [0.15, 0.2) is 12.2 Å². The van der Waals surface area contributed by atoms with Gasteiger partial charge in [0.2, 0.25) is 0 Å². The molecule has 0 aromatic heterocycles. The maximum atomic E-state index is 13.0. The van der Waals surface area contributed by atoms with E-state index < -0.39 is 97.5 Å². The van der Waals surface area contributed by atoms with Crippen LogP contribution in [0.5, 0.6) is 0 Å². The molecule has 19 heteroatoms. The molecule has 0 amide bonds. The van der Waals surface area contributed by atoms with Gasteiger partial charge in [-0.15, -0.1) is 0 Å². The van der Waals surface area contributed by atoms with E-state index in [1.165, 1.54) is 135 Å². The molecule has 0 saturated heterocycles.